The number of carbonyl (C=O) groups excluding carboxylic acids is 1. The molecule has 15 heavy (non-hydrogen) atoms. The smallest absolute Gasteiger partial charge is 0.166 e. The molecular weight excluding hydrogens is 307 g/mol. The van der Waals surface area contributed by atoms with Crippen LogP contribution in [0.15, 0.2) is 12.1 Å². The molecule has 0 aliphatic carbocycles. The summed E-state index contributed by atoms with van der Waals surface area (Å²) in [6.45, 7) is 3.89. The van der Waals surface area contributed by atoms with Crippen molar-refractivity contribution >= 4 is 28.4 Å². The Morgan fingerprint density at radius 1 is 1.40 bits per heavy atom. The molecule has 3 nitrogen and oxygen atoms in total. The lowest BCUT2D eigenvalue weighted by Crippen LogP contribution is -2.04. The molecule has 1 aromatic rings. The minimum absolute atomic E-state index is 0.00537. The number of ketones is 1. The van der Waals surface area contributed by atoms with Crippen LogP contribution in [-0.2, 0) is 0 Å². The molecule has 0 saturated carbocycles. The van der Waals surface area contributed by atoms with Crippen molar-refractivity contribution in [3.05, 3.63) is 21.3 Å². The summed E-state index contributed by atoms with van der Waals surface area (Å²) >= 11 is 1.81. The number of phenolic OH excluding ortho intramolecular Hbond substituents is 2. The fourth-order valence-corrected chi connectivity index (χ4v) is 1.73. The monoisotopic (exact) mass is 320 g/mol. The molecule has 0 unspecified atom stereocenters. The molecule has 0 saturated heterocycles. The van der Waals surface area contributed by atoms with Crippen LogP contribution in [0.3, 0.4) is 0 Å². The predicted octanol–water partition coefficient (Wildman–Crippen LogP) is 2.93. The molecule has 0 aliphatic heterocycles. The van der Waals surface area contributed by atoms with Crippen LogP contribution in [0, 0.1) is 9.49 Å². The highest BCUT2D eigenvalue weighted by Gasteiger charge is 2.16. The number of halogens is 1. The average molecular weight is 320 g/mol. The van der Waals surface area contributed by atoms with Gasteiger partial charge in [-0.15, -0.1) is 0 Å². The summed E-state index contributed by atoms with van der Waals surface area (Å²) in [5.74, 6) is 0.0271. The van der Waals surface area contributed by atoms with E-state index in [1.165, 1.54) is 12.1 Å². The normalized spacial score (nSPS) is 10.7. The molecule has 1 aromatic carbocycles. The summed E-state index contributed by atoms with van der Waals surface area (Å²) in [5, 5.41) is 19.0. The van der Waals surface area contributed by atoms with Crippen molar-refractivity contribution in [1.29, 1.82) is 0 Å². The van der Waals surface area contributed by atoms with Crippen molar-refractivity contribution in [2.75, 3.05) is 0 Å². The van der Waals surface area contributed by atoms with Crippen LogP contribution in [0.2, 0.25) is 0 Å². The molecule has 0 aromatic heterocycles. The van der Waals surface area contributed by atoms with Crippen LogP contribution < -0.4 is 0 Å². The second-order valence-electron chi connectivity index (χ2n) is 3.82. The molecule has 0 fully saturated rings. The maximum atomic E-state index is 11.7. The summed E-state index contributed by atoms with van der Waals surface area (Å²) in [6.07, 6.45) is 0.397. The van der Waals surface area contributed by atoms with Gasteiger partial charge in [-0.2, -0.15) is 0 Å². The number of hydrogen-bond acceptors (Lipinski definition) is 3. The Morgan fingerprint density at radius 3 is 2.53 bits per heavy atom. The number of aromatic hydroxyl groups is 2. The van der Waals surface area contributed by atoms with E-state index in [9.17, 15) is 15.0 Å². The summed E-state index contributed by atoms with van der Waals surface area (Å²) in [4.78, 5) is 11.7. The van der Waals surface area contributed by atoms with E-state index in [2.05, 4.69) is 0 Å². The Kier molecular flexibility index (Phi) is 3.96. The van der Waals surface area contributed by atoms with E-state index in [0.29, 0.717) is 9.99 Å². The highest BCUT2D eigenvalue weighted by molar-refractivity contribution is 14.1. The molecule has 0 atom stereocenters. The van der Waals surface area contributed by atoms with Crippen molar-refractivity contribution in [1.82, 2.24) is 0 Å². The van der Waals surface area contributed by atoms with E-state index in [4.69, 9.17) is 0 Å². The van der Waals surface area contributed by atoms with Gasteiger partial charge in [0.05, 0.1) is 9.13 Å². The lowest BCUT2D eigenvalue weighted by Gasteiger charge is -2.08. The molecule has 82 valence electrons. The van der Waals surface area contributed by atoms with Gasteiger partial charge in [-0.25, -0.2) is 0 Å². The molecule has 1 rings (SSSR count). The van der Waals surface area contributed by atoms with E-state index >= 15 is 0 Å². The fraction of sp³-hybridized carbons (Fsp3) is 0.364. The first-order valence-electron chi connectivity index (χ1n) is 4.67. The summed E-state index contributed by atoms with van der Waals surface area (Å²) in [7, 11) is 0. The Bertz CT molecular complexity index is 386. The highest BCUT2D eigenvalue weighted by Crippen LogP contribution is 2.32. The zero-order valence-electron chi connectivity index (χ0n) is 8.62. The molecular formula is C11H13IO3. The van der Waals surface area contributed by atoms with Gasteiger partial charge < -0.3 is 10.2 Å². The third-order valence-corrected chi connectivity index (χ3v) is 3.05. The van der Waals surface area contributed by atoms with Crippen LogP contribution in [0.25, 0.3) is 0 Å². The third-order valence-electron chi connectivity index (χ3n) is 1.99. The number of benzene rings is 1. The number of carbonyl (C=O) groups is 1. The first-order valence-corrected chi connectivity index (χ1v) is 5.75. The van der Waals surface area contributed by atoms with Crippen LogP contribution >= 0.6 is 22.6 Å². The molecule has 0 bridgehead atoms. The molecule has 0 aliphatic rings. The van der Waals surface area contributed by atoms with E-state index in [0.717, 1.165) is 0 Å². The minimum Gasteiger partial charge on any atom is -0.507 e. The van der Waals surface area contributed by atoms with Gasteiger partial charge in [0.1, 0.15) is 11.5 Å². The summed E-state index contributed by atoms with van der Waals surface area (Å²) in [5.41, 5.74) is 0.283. The van der Waals surface area contributed by atoms with Gasteiger partial charge in [0.15, 0.2) is 5.78 Å². The van der Waals surface area contributed by atoms with Gasteiger partial charge >= 0.3 is 0 Å². The van der Waals surface area contributed by atoms with Crippen molar-refractivity contribution in [2.45, 2.75) is 20.3 Å². The van der Waals surface area contributed by atoms with Crippen molar-refractivity contribution in [3.8, 4) is 11.5 Å². The molecule has 0 spiro atoms. The first kappa shape index (κ1) is 12.3. The zero-order chi connectivity index (χ0) is 11.6. The van der Waals surface area contributed by atoms with E-state index in [1.807, 2.05) is 36.4 Å². The predicted molar refractivity (Wildman–Crippen MR) is 66.3 cm³/mol. The van der Waals surface area contributed by atoms with Gasteiger partial charge in [-0.05, 0) is 40.6 Å². The van der Waals surface area contributed by atoms with Gasteiger partial charge in [0.2, 0.25) is 0 Å². The minimum atomic E-state index is -0.124. The van der Waals surface area contributed by atoms with E-state index in [-0.39, 0.29) is 28.8 Å². The van der Waals surface area contributed by atoms with Gasteiger partial charge in [0, 0.05) is 6.42 Å². The quantitative estimate of drug-likeness (QED) is 0.665. The SMILES string of the molecule is CC(C)CC(=O)c1ccc(O)c(I)c1O. The lowest BCUT2D eigenvalue weighted by atomic mass is 10.0. The number of rotatable bonds is 3. The maximum absolute atomic E-state index is 11.7. The number of phenols is 2. The standard InChI is InChI=1S/C11H13IO3/c1-6(2)5-9(14)7-3-4-8(13)10(12)11(7)15/h3-4,6,13,15H,5H2,1-2H3. The third kappa shape index (κ3) is 2.84. The lowest BCUT2D eigenvalue weighted by molar-refractivity contribution is 0.0965. The Labute approximate surface area is 102 Å². The largest absolute Gasteiger partial charge is 0.507 e. The topological polar surface area (TPSA) is 57.5 Å². The van der Waals surface area contributed by atoms with Crippen molar-refractivity contribution in [3.63, 3.8) is 0 Å². The van der Waals surface area contributed by atoms with Gasteiger partial charge in [-0.1, -0.05) is 13.8 Å². The van der Waals surface area contributed by atoms with Gasteiger partial charge in [0.25, 0.3) is 0 Å². The van der Waals surface area contributed by atoms with Crippen LogP contribution in [0.4, 0.5) is 0 Å². The Balaban J connectivity index is 3.06. The second kappa shape index (κ2) is 4.83. The summed E-state index contributed by atoms with van der Waals surface area (Å²) in [6, 6.07) is 2.88. The number of Topliss-reactive ketones (excluding diaryl/α,β-unsaturated/α-hetero) is 1. The highest BCUT2D eigenvalue weighted by atomic mass is 127. The molecule has 0 amide bonds. The maximum Gasteiger partial charge on any atom is 0.166 e. The average Bonchev–Trinajstić information content (AvgIpc) is 2.13. The van der Waals surface area contributed by atoms with Gasteiger partial charge in [-0.3, -0.25) is 4.79 Å². The Morgan fingerprint density at radius 2 is 2.00 bits per heavy atom. The fourth-order valence-electron chi connectivity index (χ4n) is 1.26. The van der Waals surface area contributed by atoms with Crippen LogP contribution in [-0.4, -0.2) is 16.0 Å². The molecule has 0 heterocycles. The Hall–Kier alpha value is -0.780. The van der Waals surface area contributed by atoms with E-state index in [1.54, 1.807) is 0 Å². The number of hydrogen-bond donors (Lipinski definition) is 2. The van der Waals surface area contributed by atoms with Crippen molar-refractivity contribution < 1.29 is 15.0 Å². The summed E-state index contributed by atoms with van der Waals surface area (Å²) < 4.78 is 0.321. The molecule has 0 radical (unpaired) electrons. The van der Waals surface area contributed by atoms with Crippen molar-refractivity contribution in [2.24, 2.45) is 5.92 Å². The molecule has 2 N–H and O–H groups in total. The first-order chi connectivity index (χ1) is 6.93. The van der Waals surface area contributed by atoms with Crippen LogP contribution in [0.5, 0.6) is 11.5 Å². The molecule has 4 heteroatoms. The zero-order valence-corrected chi connectivity index (χ0v) is 10.8. The second-order valence-corrected chi connectivity index (χ2v) is 4.89. The van der Waals surface area contributed by atoms with E-state index < -0.39 is 0 Å². The van der Waals surface area contributed by atoms with Crippen LogP contribution in [0.1, 0.15) is 30.6 Å².